The number of aliphatic hydroxyl groups excluding tert-OH is 1. The molecule has 0 bridgehead atoms. The highest BCUT2D eigenvalue weighted by molar-refractivity contribution is 5.82. The Bertz CT molecular complexity index is 254. The normalized spacial score (nSPS) is 13.0. The van der Waals surface area contributed by atoms with E-state index in [0.717, 1.165) is 0 Å². The molecule has 0 heterocycles. The summed E-state index contributed by atoms with van der Waals surface area (Å²) in [4.78, 5) is 21.9. The van der Waals surface area contributed by atoms with Crippen LogP contribution in [-0.2, 0) is 9.53 Å². The van der Waals surface area contributed by atoms with Crippen molar-refractivity contribution in [1.29, 1.82) is 0 Å². The van der Waals surface area contributed by atoms with E-state index in [4.69, 9.17) is 14.9 Å². The third kappa shape index (κ3) is 5.52. The Hall–Kier alpha value is -1.34. The molecular weight excluding hydrogens is 216 g/mol. The van der Waals surface area contributed by atoms with Crippen LogP contribution in [0.25, 0.3) is 0 Å². The van der Waals surface area contributed by atoms with Gasteiger partial charge in [-0.25, -0.2) is 9.59 Å². The maximum atomic E-state index is 11.4. The lowest BCUT2D eigenvalue weighted by molar-refractivity contribution is -0.140. The molecule has 0 aromatic carbocycles. The predicted octanol–water partition coefficient (Wildman–Crippen LogP) is -0.844. The van der Waals surface area contributed by atoms with Crippen molar-refractivity contribution >= 4 is 12.0 Å². The molecule has 0 aliphatic carbocycles. The monoisotopic (exact) mass is 234 g/mol. The molecule has 0 aliphatic rings. The Balaban J connectivity index is 4.21. The molecule has 1 atom stereocenters. The molecule has 7 heteroatoms. The third-order valence-electron chi connectivity index (χ3n) is 1.74. The predicted molar refractivity (Wildman–Crippen MR) is 56.1 cm³/mol. The number of aliphatic hydroxyl groups is 1. The lowest BCUT2D eigenvalue weighted by Crippen LogP contribution is -2.55. The lowest BCUT2D eigenvalue weighted by Gasteiger charge is -2.26. The van der Waals surface area contributed by atoms with Crippen molar-refractivity contribution in [3.63, 3.8) is 0 Å². The molecule has 0 aromatic rings. The minimum atomic E-state index is -1.31. The summed E-state index contributed by atoms with van der Waals surface area (Å²) in [6.45, 7) is 3.08. The molecule has 4 N–H and O–H groups in total. The first kappa shape index (κ1) is 14.7. The second-order valence-electron chi connectivity index (χ2n) is 3.99. The number of urea groups is 1. The fraction of sp³-hybridized carbons (Fsp3) is 0.778. The minimum absolute atomic E-state index is 0.289. The van der Waals surface area contributed by atoms with Gasteiger partial charge in [0.05, 0.1) is 18.8 Å². The van der Waals surface area contributed by atoms with E-state index in [9.17, 15) is 9.59 Å². The molecule has 0 fully saturated rings. The molecule has 7 nitrogen and oxygen atoms in total. The number of aliphatic carboxylic acids is 1. The van der Waals surface area contributed by atoms with Gasteiger partial charge in [0.15, 0.2) is 6.04 Å². The van der Waals surface area contributed by atoms with Gasteiger partial charge in [-0.05, 0) is 13.8 Å². The van der Waals surface area contributed by atoms with Gasteiger partial charge in [-0.2, -0.15) is 0 Å². The van der Waals surface area contributed by atoms with Crippen molar-refractivity contribution in [3.05, 3.63) is 0 Å². The average molecular weight is 234 g/mol. The summed E-state index contributed by atoms with van der Waals surface area (Å²) < 4.78 is 4.88. The standard InChI is InChI=1S/C9H18N2O5/c1-9(2,5-16-3)11-8(15)10-6(4-12)7(13)14/h6,12H,4-5H2,1-3H3,(H,13,14)(H2,10,11,15)/t6-/m0/s1. The van der Waals surface area contributed by atoms with E-state index < -0.39 is 30.2 Å². The third-order valence-corrected chi connectivity index (χ3v) is 1.74. The molecular formula is C9H18N2O5. The van der Waals surface area contributed by atoms with E-state index in [2.05, 4.69) is 10.6 Å². The van der Waals surface area contributed by atoms with Gasteiger partial charge in [0.25, 0.3) is 0 Å². The van der Waals surface area contributed by atoms with E-state index >= 15 is 0 Å². The van der Waals surface area contributed by atoms with Crippen LogP contribution in [0.15, 0.2) is 0 Å². The second-order valence-corrected chi connectivity index (χ2v) is 3.99. The first-order valence-electron chi connectivity index (χ1n) is 4.73. The maximum absolute atomic E-state index is 11.4. The average Bonchev–Trinajstić information content (AvgIpc) is 2.12. The van der Waals surface area contributed by atoms with Crippen molar-refractivity contribution in [2.45, 2.75) is 25.4 Å². The first-order chi connectivity index (χ1) is 7.32. The summed E-state index contributed by atoms with van der Waals surface area (Å²) in [5, 5.41) is 21.9. The van der Waals surface area contributed by atoms with Crippen LogP contribution in [-0.4, -0.2) is 54.1 Å². The van der Waals surface area contributed by atoms with Crippen LogP contribution in [0.2, 0.25) is 0 Å². The number of nitrogens with one attached hydrogen (secondary N) is 2. The largest absolute Gasteiger partial charge is 0.480 e. The number of carbonyl (C=O) groups is 2. The van der Waals surface area contributed by atoms with Gasteiger partial charge >= 0.3 is 12.0 Å². The Morgan fingerprint density at radius 2 is 2.00 bits per heavy atom. The molecule has 0 aliphatic heterocycles. The number of amides is 2. The van der Waals surface area contributed by atoms with E-state index in [0.29, 0.717) is 0 Å². The lowest BCUT2D eigenvalue weighted by atomic mass is 10.1. The van der Waals surface area contributed by atoms with Crippen LogP contribution in [0.3, 0.4) is 0 Å². The summed E-state index contributed by atoms with van der Waals surface area (Å²) in [5.41, 5.74) is -0.614. The van der Waals surface area contributed by atoms with Crippen molar-refractivity contribution in [2.24, 2.45) is 0 Å². The molecule has 0 saturated carbocycles. The van der Waals surface area contributed by atoms with Crippen LogP contribution in [0.5, 0.6) is 0 Å². The molecule has 0 saturated heterocycles. The summed E-state index contributed by atoms with van der Waals surface area (Å²) in [6, 6.07) is -1.97. The Kier molecular flexibility index (Phi) is 5.76. The molecule has 0 unspecified atom stereocenters. The SMILES string of the molecule is COCC(C)(C)NC(=O)N[C@@H](CO)C(=O)O. The molecule has 2 amide bonds. The Morgan fingerprint density at radius 1 is 1.44 bits per heavy atom. The van der Waals surface area contributed by atoms with Gasteiger partial charge in [0, 0.05) is 7.11 Å². The van der Waals surface area contributed by atoms with Crippen LogP contribution in [0.1, 0.15) is 13.8 Å². The van der Waals surface area contributed by atoms with Crippen LogP contribution >= 0.6 is 0 Å². The molecule has 0 radical (unpaired) electrons. The number of methoxy groups -OCH3 is 1. The first-order valence-corrected chi connectivity index (χ1v) is 4.73. The zero-order valence-corrected chi connectivity index (χ0v) is 9.61. The molecule has 16 heavy (non-hydrogen) atoms. The maximum Gasteiger partial charge on any atom is 0.328 e. The summed E-state index contributed by atoms with van der Waals surface area (Å²) >= 11 is 0. The highest BCUT2D eigenvalue weighted by atomic mass is 16.5. The number of ether oxygens (including phenoxy) is 1. The topological polar surface area (TPSA) is 108 Å². The van der Waals surface area contributed by atoms with E-state index in [-0.39, 0.29) is 6.61 Å². The van der Waals surface area contributed by atoms with Gasteiger partial charge in [0.1, 0.15) is 0 Å². The highest BCUT2D eigenvalue weighted by Gasteiger charge is 2.24. The smallest absolute Gasteiger partial charge is 0.328 e. The van der Waals surface area contributed by atoms with E-state index in [1.165, 1.54) is 7.11 Å². The van der Waals surface area contributed by atoms with Crippen molar-refractivity contribution < 1.29 is 24.5 Å². The van der Waals surface area contributed by atoms with Crippen LogP contribution in [0, 0.1) is 0 Å². The van der Waals surface area contributed by atoms with E-state index in [1.807, 2.05) is 0 Å². The Morgan fingerprint density at radius 3 is 2.38 bits per heavy atom. The van der Waals surface area contributed by atoms with Gasteiger partial charge < -0.3 is 25.6 Å². The molecule has 0 rings (SSSR count). The van der Waals surface area contributed by atoms with Crippen LogP contribution < -0.4 is 10.6 Å². The number of rotatable bonds is 6. The molecule has 0 spiro atoms. The van der Waals surface area contributed by atoms with Gasteiger partial charge in [-0.1, -0.05) is 0 Å². The summed E-state index contributed by atoms with van der Waals surface area (Å²) in [6.07, 6.45) is 0. The van der Waals surface area contributed by atoms with Crippen LogP contribution in [0.4, 0.5) is 4.79 Å². The number of hydrogen-bond acceptors (Lipinski definition) is 4. The van der Waals surface area contributed by atoms with Crippen molar-refractivity contribution in [2.75, 3.05) is 20.3 Å². The molecule has 94 valence electrons. The highest BCUT2D eigenvalue weighted by Crippen LogP contribution is 2.01. The Labute approximate surface area is 93.8 Å². The van der Waals surface area contributed by atoms with E-state index in [1.54, 1.807) is 13.8 Å². The van der Waals surface area contributed by atoms with Crippen molar-refractivity contribution in [3.8, 4) is 0 Å². The summed E-state index contributed by atoms with van der Waals surface area (Å²) in [5.74, 6) is -1.29. The number of carboxylic acids is 1. The second kappa shape index (κ2) is 6.29. The van der Waals surface area contributed by atoms with Gasteiger partial charge in [0.2, 0.25) is 0 Å². The molecule has 0 aromatic heterocycles. The summed E-state index contributed by atoms with van der Waals surface area (Å²) in [7, 11) is 1.50. The number of carboxylic acid groups (broad SMARTS) is 1. The fourth-order valence-electron chi connectivity index (χ4n) is 1.08. The number of carbonyl (C=O) groups excluding carboxylic acids is 1. The number of hydrogen-bond donors (Lipinski definition) is 4. The van der Waals surface area contributed by atoms with Gasteiger partial charge in [-0.15, -0.1) is 0 Å². The van der Waals surface area contributed by atoms with Crippen molar-refractivity contribution in [1.82, 2.24) is 10.6 Å². The zero-order chi connectivity index (χ0) is 12.8. The minimum Gasteiger partial charge on any atom is -0.480 e. The fourth-order valence-corrected chi connectivity index (χ4v) is 1.08. The quantitative estimate of drug-likeness (QED) is 0.479. The van der Waals surface area contributed by atoms with Gasteiger partial charge in [-0.3, -0.25) is 0 Å². The zero-order valence-electron chi connectivity index (χ0n) is 9.61.